The van der Waals surface area contributed by atoms with Crippen molar-refractivity contribution in [3.05, 3.63) is 108 Å². The number of amides is 2. The Labute approximate surface area is 253 Å². The van der Waals surface area contributed by atoms with Crippen molar-refractivity contribution in [2.75, 3.05) is 68.7 Å². The third-order valence-corrected chi connectivity index (χ3v) is 7.61. The number of nitrogens with one attached hydrogen (secondary N) is 2. The van der Waals surface area contributed by atoms with E-state index in [1.807, 2.05) is 84.9 Å². The topological polar surface area (TPSA) is 83.1 Å². The number of carbonyl (C=O) groups is 2. The van der Waals surface area contributed by atoms with Crippen molar-refractivity contribution in [2.24, 2.45) is 0 Å². The van der Waals surface area contributed by atoms with E-state index in [9.17, 15) is 9.59 Å². The fraction of sp³-hybridized carbons (Fsp3) is 0.257. The number of methoxy groups -OCH3 is 2. The Morgan fingerprint density at radius 2 is 1.37 bits per heavy atom. The van der Waals surface area contributed by atoms with Crippen LogP contribution in [0.5, 0.6) is 5.75 Å². The molecule has 0 radical (unpaired) electrons. The highest BCUT2D eigenvalue weighted by Gasteiger charge is 2.24. The number of rotatable bonds is 11. The minimum atomic E-state index is -0.232. The van der Waals surface area contributed by atoms with E-state index in [0.717, 1.165) is 54.4 Å². The second kappa shape index (κ2) is 14.4. The molecule has 0 unspecified atom stereocenters. The molecule has 1 aliphatic heterocycles. The first-order valence-electron chi connectivity index (χ1n) is 14.6. The predicted molar refractivity (Wildman–Crippen MR) is 173 cm³/mol. The minimum Gasteiger partial charge on any atom is -0.495 e. The molecule has 2 N–H and O–H groups in total. The molecule has 0 aliphatic carbocycles. The Hall–Kier alpha value is -4.82. The molecule has 2 amide bonds. The highest BCUT2D eigenvalue weighted by atomic mass is 16.5. The van der Waals surface area contributed by atoms with Gasteiger partial charge in [-0.25, -0.2) is 0 Å². The summed E-state index contributed by atoms with van der Waals surface area (Å²) in [5.74, 6) is 0.438. The summed E-state index contributed by atoms with van der Waals surface area (Å²) >= 11 is 0. The van der Waals surface area contributed by atoms with Gasteiger partial charge in [0.15, 0.2) is 0 Å². The summed E-state index contributed by atoms with van der Waals surface area (Å²) in [7, 11) is 3.33. The summed E-state index contributed by atoms with van der Waals surface area (Å²) in [5, 5.41) is 5.99. The molecule has 0 spiro atoms. The smallest absolute Gasteiger partial charge is 0.255 e. The van der Waals surface area contributed by atoms with Gasteiger partial charge in [0.05, 0.1) is 18.4 Å². The second-order valence-corrected chi connectivity index (χ2v) is 10.4. The standard InChI is InChI=1S/C35H38N4O4/c1-42-24-8-19-36-35(41)30-25-29(37-34(40)28-15-13-27(14-16-28)26-9-4-3-5-10-26)17-18-31(30)38-20-22-39(23-21-38)32-11-6-7-12-33(32)43-2/h3-7,9-18,25H,8,19-24H2,1-2H3,(H,36,41)(H,37,40). The monoisotopic (exact) mass is 578 g/mol. The van der Waals surface area contributed by atoms with Crippen LogP contribution in [0.4, 0.5) is 17.1 Å². The van der Waals surface area contributed by atoms with Gasteiger partial charge in [0.25, 0.3) is 11.8 Å². The van der Waals surface area contributed by atoms with Crippen LogP contribution in [-0.2, 0) is 4.74 Å². The Kier molecular flexibility index (Phi) is 9.92. The van der Waals surface area contributed by atoms with Crippen LogP contribution in [0, 0.1) is 0 Å². The SMILES string of the molecule is COCCCNC(=O)c1cc(NC(=O)c2ccc(-c3ccccc3)cc2)ccc1N1CCN(c2ccccc2OC)CC1. The molecule has 0 bridgehead atoms. The van der Waals surface area contributed by atoms with Crippen molar-refractivity contribution >= 4 is 28.9 Å². The van der Waals surface area contributed by atoms with E-state index in [2.05, 4.69) is 26.5 Å². The van der Waals surface area contributed by atoms with Crippen LogP contribution in [0.1, 0.15) is 27.1 Å². The van der Waals surface area contributed by atoms with Crippen molar-refractivity contribution in [3.63, 3.8) is 0 Å². The van der Waals surface area contributed by atoms with Gasteiger partial charge in [-0.2, -0.15) is 0 Å². The molecular formula is C35H38N4O4. The van der Waals surface area contributed by atoms with Gasteiger partial charge in [-0.1, -0.05) is 54.6 Å². The zero-order chi connectivity index (χ0) is 30.0. The molecule has 222 valence electrons. The van der Waals surface area contributed by atoms with Crippen molar-refractivity contribution in [3.8, 4) is 16.9 Å². The number of hydrogen-bond donors (Lipinski definition) is 2. The Bertz CT molecular complexity index is 1520. The number of nitrogens with zero attached hydrogens (tertiary/aromatic N) is 2. The van der Waals surface area contributed by atoms with Crippen molar-refractivity contribution in [1.29, 1.82) is 0 Å². The number of para-hydroxylation sites is 2. The van der Waals surface area contributed by atoms with E-state index in [1.165, 1.54) is 0 Å². The average molecular weight is 579 g/mol. The van der Waals surface area contributed by atoms with E-state index >= 15 is 0 Å². The number of piperazine rings is 1. The Morgan fingerprint density at radius 1 is 0.721 bits per heavy atom. The normalized spacial score (nSPS) is 13.0. The van der Waals surface area contributed by atoms with E-state index in [1.54, 1.807) is 20.3 Å². The highest BCUT2D eigenvalue weighted by Crippen LogP contribution is 2.31. The quantitative estimate of drug-likeness (QED) is 0.222. The van der Waals surface area contributed by atoms with Gasteiger partial charge >= 0.3 is 0 Å². The lowest BCUT2D eigenvalue weighted by Crippen LogP contribution is -2.47. The van der Waals surface area contributed by atoms with Crippen LogP contribution < -0.4 is 25.2 Å². The van der Waals surface area contributed by atoms with E-state index < -0.39 is 0 Å². The summed E-state index contributed by atoms with van der Waals surface area (Å²) < 4.78 is 10.7. The molecule has 1 saturated heterocycles. The fourth-order valence-electron chi connectivity index (χ4n) is 5.31. The molecule has 43 heavy (non-hydrogen) atoms. The first-order chi connectivity index (χ1) is 21.1. The summed E-state index contributed by atoms with van der Waals surface area (Å²) in [6, 6.07) is 31.1. The van der Waals surface area contributed by atoms with E-state index in [-0.39, 0.29) is 11.8 Å². The molecule has 5 rings (SSSR count). The van der Waals surface area contributed by atoms with Gasteiger partial charge in [0.1, 0.15) is 5.75 Å². The van der Waals surface area contributed by atoms with Crippen LogP contribution >= 0.6 is 0 Å². The van der Waals surface area contributed by atoms with Crippen LogP contribution in [-0.4, -0.2) is 65.4 Å². The summed E-state index contributed by atoms with van der Waals surface area (Å²) in [6.07, 6.45) is 0.713. The lowest BCUT2D eigenvalue weighted by atomic mass is 10.0. The van der Waals surface area contributed by atoms with E-state index in [4.69, 9.17) is 9.47 Å². The first kappa shape index (κ1) is 29.7. The van der Waals surface area contributed by atoms with Gasteiger partial charge in [-0.05, 0) is 60.0 Å². The molecule has 8 heteroatoms. The maximum Gasteiger partial charge on any atom is 0.255 e. The average Bonchev–Trinajstić information content (AvgIpc) is 3.07. The third kappa shape index (κ3) is 7.34. The van der Waals surface area contributed by atoms with Gasteiger partial charge < -0.3 is 29.9 Å². The molecule has 4 aromatic rings. The van der Waals surface area contributed by atoms with Crippen LogP contribution in [0.25, 0.3) is 11.1 Å². The molecule has 1 fully saturated rings. The first-order valence-corrected chi connectivity index (χ1v) is 14.6. The summed E-state index contributed by atoms with van der Waals surface area (Å²) in [4.78, 5) is 31.1. The van der Waals surface area contributed by atoms with Gasteiger partial charge in [-0.15, -0.1) is 0 Å². The third-order valence-electron chi connectivity index (χ3n) is 7.61. The van der Waals surface area contributed by atoms with Crippen LogP contribution in [0.3, 0.4) is 0 Å². The summed E-state index contributed by atoms with van der Waals surface area (Å²) in [5.41, 5.74) is 5.68. The van der Waals surface area contributed by atoms with Crippen molar-refractivity contribution in [2.45, 2.75) is 6.42 Å². The maximum atomic E-state index is 13.4. The second-order valence-electron chi connectivity index (χ2n) is 10.4. The van der Waals surface area contributed by atoms with E-state index in [0.29, 0.717) is 36.4 Å². The molecule has 8 nitrogen and oxygen atoms in total. The van der Waals surface area contributed by atoms with Crippen molar-refractivity contribution in [1.82, 2.24) is 5.32 Å². The molecular weight excluding hydrogens is 540 g/mol. The number of carbonyl (C=O) groups excluding carboxylic acids is 2. The molecule has 4 aromatic carbocycles. The Morgan fingerprint density at radius 3 is 2.07 bits per heavy atom. The lowest BCUT2D eigenvalue weighted by molar-refractivity contribution is 0.0947. The molecule has 0 atom stereocenters. The summed E-state index contributed by atoms with van der Waals surface area (Å²) in [6.45, 7) is 4.11. The molecule has 0 saturated carbocycles. The number of hydrogen-bond acceptors (Lipinski definition) is 6. The van der Waals surface area contributed by atoms with Gasteiger partial charge in [-0.3, -0.25) is 9.59 Å². The zero-order valence-corrected chi connectivity index (χ0v) is 24.7. The van der Waals surface area contributed by atoms with Crippen LogP contribution in [0.15, 0.2) is 97.1 Å². The minimum absolute atomic E-state index is 0.179. The largest absolute Gasteiger partial charge is 0.495 e. The molecule has 1 heterocycles. The lowest BCUT2D eigenvalue weighted by Gasteiger charge is -2.38. The maximum absolute atomic E-state index is 13.4. The highest BCUT2D eigenvalue weighted by molar-refractivity contribution is 6.06. The van der Waals surface area contributed by atoms with Crippen molar-refractivity contribution < 1.29 is 19.1 Å². The van der Waals surface area contributed by atoms with Crippen LogP contribution in [0.2, 0.25) is 0 Å². The molecule has 0 aromatic heterocycles. The number of ether oxygens (including phenoxy) is 2. The van der Waals surface area contributed by atoms with Gasteiger partial charge in [0.2, 0.25) is 0 Å². The number of benzene rings is 4. The Balaban J connectivity index is 1.32. The molecule has 1 aliphatic rings. The van der Waals surface area contributed by atoms with Gasteiger partial charge in [0, 0.05) is 63.4 Å². The predicted octanol–water partition coefficient (Wildman–Crippen LogP) is 5.71. The number of anilines is 3. The fourth-order valence-corrected chi connectivity index (χ4v) is 5.31. The zero-order valence-electron chi connectivity index (χ0n) is 24.7.